The highest BCUT2D eigenvalue weighted by molar-refractivity contribution is 9.10. The third-order valence-electron chi connectivity index (χ3n) is 1.85. The fourth-order valence-corrected chi connectivity index (χ4v) is 1.24. The Morgan fingerprint density at radius 3 is 2.93 bits per heavy atom. The average molecular weight is 259 g/mol. The highest BCUT2D eigenvalue weighted by atomic mass is 79.9. The second-order valence-electron chi connectivity index (χ2n) is 3.07. The number of aryl methyl sites for hydroxylation is 1. The fraction of sp³-hybridized carbons (Fsp3) is 0.333. The van der Waals surface area contributed by atoms with E-state index in [0.29, 0.717) is 5.69 Å². The van der Waals surface area contributed by atoms with Crippen LogP contribution in [-0.4, -0.2) is 22.1 Å². The molecule has 0 amide bonds. The van der Waals surface area contributed by atoms with E-state index in [9.17, 15) is 4.79 Å². The minimum atomic E-state index is -1.01. The molecule has 5 heteroatoms. The molecule has 0 spiro atoms. The van der Waals surface area contributed by atoms with Crippen LogP contribution in [-0.2, 0) is 11.2 Å². The normalized spacial score (nSPS) is 12.5. The molecular weight excluding hydrogens is 248 g/mol. The van der Waals surface area contributed by atoms with Gasteiger partial charge in [0.15, 0.2) is 0 Å². The molecule has 76 valence electrons. The van der Waals surface area contributed by atoms with E-state index in [1.165, 1.54) is 0 Å². The Hall–Kier alpha value is -0.940. The molecule has 0 fully saturated rings. The van der Waals surface area contributed by atoms with E-state index in [4.69, 9.17) is 10.8 Å². The van der Waals surface area contributed by atoms with Gasteiger partial charge < -0.3 is 10.8 Å². The molecule has 1 heterocycles. The minimum Gasteiger partial charge on any atom is -0.480 e. The Bertz CT molecular complexity index is 355. The second kappa shape index (κ2) is 4.52. The van der Waals surface area contributed by atoms with Crippen molar-refractivity contribution in [3.63, 3.8) is 0 Å². The summed E-state index contributed by atoms with van der Waals surface area (Å²) in [6.45, 7) is 1.92. The van der Waals surface area contributed by atoms with Gasteiger partial charge in [-0.3, -0.25) is 9.78 Å². The van der Waals surface area contributed by atoms with E-state index >= 15 is 0 Å². The number of pyridine rings is 1. The Morgan fingerprint density at radius 1 is 1.79 bits per heavy atom. The van der Waals surface area contributed by atoms with Crippen molar-refractivity contribution < 1.29 is 9.90 Å². The molecule has 0 aliphatic carbocycles. The molecule has 0 aliphatic heterocycles. The molecule has 0 unspecified atom stereocenters. The highest BCUT2D eigenvalue weighted by Gasteiger charge is 2.13. The van der Waals surface area contributed by atoms with Gasteiger partial charge in [0.2, 0.25) is 0 Å². The maximum atomic E-state index is 10.5. The van der Waals surface area contributed by atoms with Crippen LogP contribution in [0.25, 0.3) is 0 Å². The van der Waals surface area contributed by atoms with Crippen LogP contribution in [0.4, 0.5) is 0 Å². The lowest BCUT2D eigenvalue weighted by atomic mass is 10.1. The van der Waals surface area contributed by atoms with Gasteiger partial charge in [-0.1, -0.05) is 0 Å². The predicted molar refractivity (Wildman–Crippen MR) is 56.0 cm³/mol. The Morgan fingerprint density at radius 2 is 2.43 bits per heavy atom. The second-order valence-corrected chi connectivity index (χ2v) is 3.93. The molecule has 14 heavy (non-hydrogen) atoms. The maximum absolute atomic E-state index is 10.5. The zero-order valence-electron chi connectivity index (χ0n) is 7.70. The monoisotopic (exact) mass is 258 g/mol. The summed E-state index contributed by atoms with van der Waals surface area (Å²) in [7, 11) is 0. The number of halogens is 1. The standard InChI is InChI=1S/C9H11BrN2O2/c1-5-2-6(12-4-7(5)10)3-8(11)9(13)14/h2,4,8H,3,11H2,1H3,(H,13,14)/t8-/m0/s1. The first-order chi connectivity index (χ1) is 6.50. The van der Waals surface area contributed by atoms with Crippen molar-refractivity contribution in [2.24, 2.45) is 5.73 Å². The molecule has 0 aliphatic rings. The van der Waals surface area contributed by atoms with Crippen LogP contribution in [0.3, 0.4) is 0 Å². The van der Waals surface area contributed by atoms with E-state index < -0.39 is 12.0 Å². The van der Waals surface area contributed by atoms with Gasteiger partial charge in [0.05, 0.1) is 0 Å². The van der Waals surface area contributed by atoms with E-state index in [1.54, 1.807) is 6.20 Å². The van der Waals surface area contributed by atoms with Crippen molar-refractivity contribution in [2.75, 3.05) is 0 Å². The zero-order chi connectivity index (χ0) is 10.7. The van der Waals surface area contributed by atoms with Gasteiger partial charge in [-0.25, -0.2) is 0 Å². The molecule has 1 aromatic heterocycles. The van der Waals surface area contributed by atoms with E-state index in [0.717, 1.165) is 10.0 Å². The molecule has 0 bridgehead atoms. The molecule has 0 aromatic carbocycles. The fourth-order valence-electron chi connectivity index (χ4n) is 1.02. The number of hydrogen-bond donors (Lipinski definition) is 2. The lowest BCUT2D eigenvalue weighted by molar-refractivity contribution is -0.138. The third-order valence-corrected chi connectivity index (χ3v) is 2.68. The quantitative estimate of drug-likeness (QED) is 0.852. The van der Waals surface area contributed by atoms with Crippen molar-refractivity contribution in [1.29, 1.82) is 0 Å². The summed E-state index contributed by atoms with van der Waals surface area (Å²) in [6.07, 6.45) is 1.91. The number of carbonyl (C=O) groups is 1. The molecule has 0 radical (unpaired) electrons. The van der Waals surface area contributed by atoms with E-state index in [2.05, 4.69) is 20.9 Å². The molecule has 1 atom stereocenters. The van der Waals surface area contributed by atoms with Crippen molar-refractivity contribution >= 4 is 21.9 Å². The lowest BCUT2D eigenvalue weighted by Gasteiger charge is -2.06. The first-order valence-electron chi connectivity index (χ1n) is 4.10. The molecule has 0 saturated heterocycles. The van der Waals surface area contributed by atoms with Crippen LogP contribution in [0.1, 0.15) is 11.3 Å². The predicted octanol–water partition coefficient (Wildman–Crippen LogP) is 1.11. The Labute approximate surface area is 90.3 Å². The highest BCUT2D eigenvalue weighted by Crippen LogP contribution is 2.15. The van der Waals surface area contributed by atoms with Gasteiger partial charge in [-0.15, -0.1) is 0 Å². The summed E-state index contributed by atoms with van der Waals surface area (Å²) in [6, 6.07) is 0.940. The first-order valence-corrected chi connectivity index (χ1v) is 4.89. The summed E-state index contributed by atoms with van der Waals surface area (Å²) >= 11 is 3.31. The first kappa shape index (κ1) is 11.1. The van der Waals surface area contributed by atoms with E-state index in [1.807, 2.05) is 13.0 Å². The lowest BCUT2D eigenvalue weighted by Crippen LogP contribution is -2.32. The van der Waals surface area contributed by atoms with Gasteiger partial charge in [-0.2, -0.15) is 0 Å². The number of aliphatic carboxylic acids is 1. The van der Waals surface area contributed by atoms with Crippen LogP contribution in [0.2, 0.25) is 0 Å². The smallest absolute Gasteiger partial charge is 0.320 e. The number of hydrogen-bond acceptors (Lipinski definition) is 3. The largest absolute Gasteiger partial charge is 0.480 e. The van der Waals surface area contributed by atoms with Gasteiger partial charge >= 0.3 is 5.97 Å². The topological polar surface area (TPSA) is 76.2 Å². The number of carboxylic acid groups (broad SMARTS) is 1. The number of nitrogens with two attached hydrogens (primary N) is 1. The summed E-state index contributed by atoms with van der Waals surface area (Å²) in [5.74, 6) is -1.01. The van der Waals surface area contributed by atoms with Crippen LogP contribution in [0.15, 0.2) is 16.7 Å². The maximum Gasteiger partial charge on any atom is 0.320 e. The molecule has 1 rings (SSSR count). The Kier molecular flexibility index (Phi) is 3.60. The van der Waals surface area contributed by atoms with Gasteiger partial charge in [0.25, 0.3) is 0 Å². The molecule has 3 N–H and O–H groups in total. The summed E-state index contributed by atoms with van der Waals surface area (Å²) in [5, 5.41) is 8.61. The third kappa shape index (κ3) is 2.78. The minimum absolute atomic E-state index is 0.253. The Balaban J connectivity index is 2.78. The van der Waals surface area contributed by atoms with Crippen LogP contribution < -0.4 is 5.73 Å². The van der Waals surface area contributed by atoms with Gasteiger partial charge in [0, 0.05) is 22.8 Å². The number of carboxylic acids is 1. The summed E-state index contributed by atoms with van der Waals surface area (Å²) in [5.41, 5.74) is 7.10. The van der Waals surface area contributed by atoms with Crippen LogP contribution in [0, 0.1) is 6.92 Å². The molecular formula is C9H11BrN2O2. The number of nitrogens with zero attached hydrogens (tertiary/aromatic N) is 1. The molecule has 4 nitrogen and oxygen atoms in total. The van der Waals surface area contributed by atoms with Crippen LogP contribution >= 0.6 is 15.9 Å². The number of aromatic nitrogens is 1. The average Bonchev–Trinajstić information content (AvgIpc) is 2.11. The summed E-state index contributed by atoms with van der Waals surface area (Å²) in [4.78, 5) is 14.6. The van der Waals surface area contributed by atoms with Crippen LogP contribution in [0.5, 0.6) is 0 Å². The van der Waals surface area contributed by atoms with Crippen molar-refractivity contribution in [3.8, 4) is 0 Å². The van der Waals surface area contributed by atoms with E-state index in [-0.39, 0.29) is 6.42 Å². The molecule has 0 saturated carbocycles. The van der Waals surface area contributed by atoms with Crippen molar-refractivity contribution in [2.45, 2.75) is 19.4 Å². The summed E-state index contributed by atoms with van der Waals surface area (Å²) < 4.78 is 0.908. The van der Waals surface area contributed by atoms with Gasteiger partial charge in [-0.05, 0) is 34.5 Å². The SMILES string of the molecule is Cc1cc(C[C@H](N)C(=O)O)ncc1Br. The molecule has 1 aromatic rings. The van der Waals surface area contributed by atoms with Crippen molar-refractivity contribution in [3.05, 3.63) is 28.0 Å². The van der Waals surface area contributed by atoms with Crippen molar-refractivity contribution in [1.82, 2.24) is 4.98 Å². The van der Waals surface area contributed by atoms with Gasteiger partial charge in [0.1, 0.15) is 6.04 Å². The zero-order valence-corrected chi connectivity index (χ0v) is 9.28. The number of rotatable bonds is 3.